The number of carbonyl (C=O) groups excluding carboxylic acids is 2. The highest BCUT2D eigenvalue weighted by molar-refractivity contribution is 5.81. The summed E-state index contributed by atoms with van der Waals surface area (Å²) in [5, 5.41) is 0. The van der Waals surface area contributed by atoms with E-state index in [0.29, 0.717) is 6.42 Å². The van der Waals surface area contributed by atoms with Gasteiger partial charge in [-0.2, -0.15) is 0 Å². The number of hydrogen-bond donors (Lipinski definition) is 0. The fourth-order valence-corrected chi connectivity index (χ4v) is 1.80. The van der Waals surface area contributed by atoms with Gasteiger partial charge in [0.2, 0.25) is 0 Å². The fraction of sp³-hybridized carbons (Fsp3) is 0.765. The molecule has 0 saturated carbocycles. The first-order chi connectivity index (χ1) is 10.5. The molecule has 0 aromatic carbocycles. The van der Waals surface area contributed by atoms with Crippen LogP contribution in [0.5, 0.6) is 0 Å². The molecule has 0 heterocycles. The molecular weight excluding hydrogens is 284 g/mol. The van der Waals surface area contributed by atoms with Crippen LogP contribution in [0.4, 0.5) is 0 Å². The van der Waals surface area contributed by atoms with Crippen LogP contribution in [-0.4, -0.2) is 37.4 Å². The molecule has 0 N–H and O–H groups in total. The van der Waals surface area contributed by atoms with Gasteiger partial charge in [0.15, 0.2) is 0 Å². The van der Waals surface area contributed by atoms with E-state index in [-0.39, 0.29) is 31.4 Å². The van der Waals surface area contributed by atoms with Crippen molar-refractivity contribution in [1.29, 1.82) is 0 Å². The predicted molar refractivity (Wildman–Crippen MR) is 85.5 cm³/mol. The molecule has 0 aromatic rings. The second-order valence-electron chi connectivity index (χ2n) is 5.44. The Kier molecular flexibility index (Phi) is 12.5. The minimum atomic E-state index is -0.474. The number of hydrogen-bond acceptors (Lipinski definition) is 5. The summed E-state index contributed by atoms with van der Waals surface area (Å²) in [6.07, 6.45) is 6.54. The maximum atomic E-state index is 11.6. The molecule has 0 amide bonds. The van der Waals surface area contributed by atoms with Gasteiger partial charge in [0, 0.05) is 12.5 Å². The van der Waals surface area contributed by atoms with Crippen LogP contribution in [0.3, 0.4) is 0 Å². The zero-order chi connectivity index (χ0) is 16.8. The van der Waals surface area contributed by atoms with Gasteiger partial charge in [0.1, 0.15) is 12.7 Å². The van der Waals surface area contributed by atoms with Gasteiger partial charge in [-0.05, 0) is 20.3 Å². The molecule has 0 radical (unpaired) electrons. The quantitative estimate of drug-likeness (QED) is 0.296. The zero-order valence-electron chi connectivity index (χ0n) is 14.1. The Morgan fingerprint density at radius 3 is 2.36 bits per heavy atom. The van der Waals surface area contributed by atoms with Crippen molar-refractivity contribution >= 4 is 11.9 Å². The lowest BCUT2D eigenvalue weighted by Crippen LogP contribution is -2.26. The number of rotatable bonds is 13. The average molecular weight is 314 g/mol. The van der Waals surface area contributed by atoms with Gasteiger partial charge >= 0.3 is 11.9 Å². The summed E-state index contributed by atoms with van der Waals surface area (Å²) in [6, 6.07) is 0. The van der Waals surface area contributed by atoms with E-state index in [2.05, 4.69) is 13.5 Å². The lowest BCUT2D eigenvalue weighted by atomic mass is 10.1. The summed E-state index contributed by atoms with van der Waals surface area (Å²) >= 11 is 0. The monoisotopic (exact) mass is 314 g/mol. The molecule has 2 atom stereocenters. The van der Waals surface area contributed by atoms with Crippen LogP contribution in [0.2, 0.25) is 0 Å². The predicted octanol–water partition coefficient (Wildman–Crippen LogP) is 3.41. The maximum Gasteiger partial charge on any atom is 0.330 e. The average Bonchev–Trinajstić information content (AvgIpc) is 2.50. The molecule has 22 heavy (non-hydrogen) atoms. The van der Waals surface area contributed by atoms with Crippen molar-refractivity contribution in [3.63, 3.8) is 0 Å². The number of carbonyl (C=O) groups is 2. The van der Waals surface area contributed by atoms with E-state index >= 15 is 0 Å². The maximum absolute atomic E-state index is 11.6. The molecule has 5 nitrogen and oxygen atoms in total. The van der Waals surface area contributed by atoms with E-state index in [1.807, 2.05) is 0 Å². The first kappa shape index (κ1) is 20.6. The normalized spacial score (nSPS) is 13.2. The molecule has 0 aliphatic heterocycles. The molecule has 2 unspecified atom stereocenters. The van der Waals surface area contributed by atoms with Gasteiger partial charge in [-0.15, -0.1) is 0 Å². The molecule has 0 aliphatic carbocycles. The third-order valence-corrected chi connectivity index (χ3v) is 3.06. The Labute approximate surface area is 134 Å². The number of esters is 2. The summed E-state index contributed by atoms with van der Waals surface area (Å²) in [5.41, 5.74) is 0. The molecule has 0 aromatic heterocycles. The summed E-state index contributed by atoms with van der Waals surface area (Å²) in [6.45, 7) is 9.50. The SMILES string of the molecule is C=CC(=O)OCC(C)OCC(C)OC(=O)CCCCCCC. The van der Waals surface area contributed by atoms with Crippen LogP contribution in [0.1, 0.15) is 59.3 Å². The van der Waals surface area contributed by atoms with Crippen molar-refractivity contribution in [1.82, 2.24) is 0 Å². The smallest absolute Gasteiger partial charge is 0.330 e. The zero-order valence-corrected chi connectivity index (χ0v) is 14.1. The minimum Gasteiger partial charge on any atom is -0.460 e. The third-order valence-electron chi connectivity index (χ3n) is 3.06. The lowest BCUT2D eigenvalue weighted by molar-refractivity contribution is -0.153. The van der Waals surface area contributed by atoms with Crippen LogP contribution in [0.25, 0.3) is 0 Å². The van der Waals surface area contributed by atoms with Crippen LogP contribution in [0, 0.1) is 0 Å². The van der Waals surface area contributed by atoms with Crippen molar-refractivity contribution in [2.24, 2.45) is 0 Å². The van der Waals surface area contributed by atoms with Gasteiger partial charge in [0.25, 0.3) is 0 Å². The summed E-state index contributed by atoms with van der Waals surface area (Å²) in [5.74, 6) is -0.656. The van der Waals surface area contributed by atoms with Gasteiger partial charge < -0.3 is 14.2 Å². The highest BCUT2D eigenvalue weighted by Crippen LogP contribution is 2.07. The second-order valence-corrected chi connectivity index (χ2v) is 5.44. The Morgan fingerprint density at radius 1 is 1.05 bits per heavy atom. The van der Waals surface area contributed by atoms with Crippen LogP contribution >= 0.6 is 0 Å². The van der Waals surface area contributed by atoms with Gasteiger partial charge in [-0.1, -0.05) is 39.2 Å². The lowest BCUT2D eigenvalue weighted by Gasteiger charge is -2.17. The van der Waals surface area contributed by atoms with Crippen molar-refractivity contribution in [2.45, 2.75) is 71.5 Å². The second kappa shape index (κ2) is 13.3. The molecule has 0 saturated heterocycles. The third kappa shape index (κ3) is 12.4. The topological polar surface area (TPSA) is 61.8 Å². The van der Waals surface area contributed by atoms with E-state index in [0.717, 1.165) is 18.9 Å². The van der Waals surface area contributed by atoms with Gasteiger partial charge in [-0.3, -0.25) is 4.79 Å². The molecule has 0 spiro atoms. The first-order valence-electron chi connectivity index (χ1n) is 8.09. The minimum absolute atomic E-state index is 0.156. The highest BCUT2D eigenvalue weighted by atomic mass is 16.6. The Balaban J connectivity index is 3.66. The fourth-order valence-electron chi connectivity index (χ4n) is 1.80. The van der Waals surface area contributed by atoms with Gasteiger partial charge in [-0.25, -0.2) is 4.79 Å². The van der Waals surface area contributed by atoms with Crippen LogP contribution < -0.4 is 0 Å². The van der Waals surface area contributed by atoms with E-state index in [9.17, 15) is 9.59 Å². The van der Waals surface area contributed by atoms with E-state index in [4.69, 9.17) is 14.2 Å². The van der Waals surface area contributed by atoms with Crippen LogP contribution in [-0.2, 0) is 23.8 Å². The molecule has 0 bridgehead atoms. The number of ether oxygens (including phenoxy) is 3. The van der Waals surface area contributed by atoms with Crippen LogP contribution in [0.15, 0.2) is 12.7 Å². The van der Waals surface area contributed by atoms with Crippen molar-refractivity contribution in [3.8, 4) is 0 Å². The molecule has 0 aliphatic rings. The largest absolute Gasteiger partial charge is 0.460 e. The van der Waals surface area contributed by atoms with Crippen molar-refractivity contribution in [3.05, 3.63) is 12.7 Å². The Bertz CT molecular complexity index is 327. The molecule has 5 heteroatoms. The van der Waals surface area contributed by atoms with Gasteiger partial charge in [0.05, 0.1) is 12.7 Å². The van der Waals surface area contributed by atoms with E-state index in [1.54, 1.807) is 13.8 Å². The Morgan fingerprint density at radius 2 is 1.73 bits per heavy atom. The number of unbranched alkanes of at least 4 members (excludes halogenated alkanes) is 4. The standard InChI is InChI=1S/C17H30O5/c1-5-7-8-9-10-11-17(19)22-15(4)13-20-14(3)12-21-16(18)6-2/h6,14-15H,2,5,7-13H2,1,3-4H3. The van der Waals surface area contributed by atoms with E-state index in [1.165, 1.54) is 19.3 Å². The summed E-state index contributed by atoms with van der Waals surface area (Å²) in [4.78, 5) is 22.5. The van der Waals surface area contributed by atoms with Crippen molar-refractivity contribution in [2.75, 3.05) is 13.2 Å². The molecule has 0 fully saturated rings. The summed E-state index contributed by atoms with van der Waals surface area (Å²) < 4.78 is 15.6. The highest BCUT2D eigenvalue weighted by Gasteiger charge is 2.12. The molecule has 0 rings (SSSR count). The molecular formula is C17H30O5. The van der Waals surface area contributed by atoms with Crippen molar-refractivity contribution < 1.29 is 23.8 Å². The summed E-state index contributed by atoms with van der Waals surface area (Å²) in [7, 11) is 0. The first-order valence-corrected chi connectivity index (χ1v) is 8.09. The van der Waals surface area contributed by atoms with E-state index < -0.39 is 5.97 Å². The molecule has 128 valence electrons. The Hall–Kier alpha value is -1.36.